The summed E-state index contributed by atoms with van der Waals surface area (Å²) in [6.45, 7) is 2.05. The van der Waals surface area contributed by atoms with Crippen molar-refractivity contribution in [3.8, 4) is 11.3 Å². The second kappa shape index (κ2) is 5.49. The maximum atomic E-state index is 11.4. The molecule has 0 fully saturated rings. The number of thiazole rings is 1. The molecule has 5 heteroatoms. The number of imidazole rings is 1. The molecule has 0 atom stereocenters. The third-order valence-corrected chi connectivity index (χ3v) is 5.60. The molecule has 118 valence electrons. The number of aryl methyl sites for hydroxylation is 3. The molecule has 0 aliphatic heterocycles. The number of carboxylic acids is 1. The van der Waals surface area contributed by atoms with Crippen molar-refractivity contribution >= 4 is 22.3 Å². The summed E-state index contributed by atoms with van der Waals surface area (Å²) in [6, 6.07) is 8.14. The Kier molecular flexibility index (Phi) is 3.45. The van der Waals surface area contributed by atoms with Crippen molar-refractivity contribution in [2.75, 3.05) is 0 Å². The van der Waals surface area contributed by atoms with Crippen LogP contribution in [0, 0.1) is 6.92 Å². The zero-order valence-corrected chi connectivity index (χ0v) is 13.8. The molecule has 1 aromatic carbocycles. The van der Waals surface area contributed by atoms with Gasteiger partial charge in [-0.2, -0.15) is 0 Å². The molecule has 0 saturated heterocycles. The van der Waals surface area contributed by atoms with Gasteiger partial charge in [-0.15, -0.1) is 11.3 Å². The summed E-state index contributed by atoms with van der Waals surface area (Å²) < 4.78 is 2.11. The Bertz CT molecular complexity index is 890. The average Bonchev–Trinajstić information content (AvgIpc) is 3.05. The molecule has 4 rings (SSSR count). The van der Waals surface area contributed by atoms with Crippen molar-refractivity contribution in [1.82, 2.24) is 9.38 Å². The zero-order valence-electron chi connectivity index (χ0n) is 13.0. The molecule has 2 heterocycles. The summed E-state index contributed by atoms with van der Waals surface area (Å²) in [4.78, 5) is 18.5. The quantitative estimate of drug-likeness (QED) is 0.795. The Balaban J connectivity index is 1.94. The van der Waals surface area contributed by atoms with E-state index in [0.29, 0.717) is 0 Å². The summed E-state index contributed by atoms with van der Waals surface area (Å²) >= 11 is 1.72. The van der Waals surface area contributed by atoms with Crippen LogP contribution in [-0.4, -0.2) is 20.5 Å². The van der Waals surface area contributed by atoms with E-state index in [-0.39, 0.29) is 6.42 Å². The highest BCUT2D eigenvalue weighted by atomic mass is 32.1. The van der Waals surface area contributed by atoms with E-state index >= 15 is 0 Å². The summed E-state index contributed by atoms with van der Waals surface area (Å²) in [5.41, 5.74) is 5.08. The first-order valence-corrected chi connectivity index (χ1v) is 8.76. The number of benzene rings is 1. The third kappa shape index (κ3) is 2.45. The van der Waals surface area contributed by atoms with Crippen LogP contribution in [0.25, 0.3) is 16.2 Å². The molecular formula is C18H18N2O2S. The topological polar surface area (TPSA) is 54.6 Å². The van der Waals surface area contributed by atoms with Gasteiger partial charge in [0.25, 0.3) is 0 Å². The molecule has 0 bridgehead atoms. The largest absolute Gasteiger partial charge is 0.481 e. The first-order valence-electron chi connectivity index (χ1n) is 7.94. The van der Waals surface area contributed by atoms with Gasteiger partial charge in [0.05, 0.1) is 17.8 Å². The normalized spacial score (nSPS) is 14.1. The van der Waals surface area contributed by atoms with Gasteiger partial charge >= 0.3 is 5.97 Å². The number of fused-ring (bicyclic) bond motifs is 3. The molecule has 23 heavy (non-hydrogen) atoms. The van der Waals surface area contributed by atoms with Crippen LogP contribution >= 0.6 is 11.3 Å². The van der Waals surface area contributed by atoms with Gasteiger partial charge < -0.3 is 5.11 Å². The number of carboxylic acid groups (broad SMARTS) is 1. The van der Waals surface area contributed by atoms with Crippen LogP contribution in [0.1, 0.15) is 34.7 Å². The molecule has 0 saturated carbocycles. The summed E-state index contributed by atoms with van der Waals surface area (Å²) in [7, 11) is 0. The summed E-state index contributed by atoms with van der Waals surface area (Å²) in [5, 5.41) is 9.36. The van der Waals surface area contributed by atoms with Gasteiger partial charge in [0.2, 0.25) is 0 Å². The number of rotatable bonds is 3. The highest BCUT2D eigenvalue weighted by Gasteiger charge is 2.24. The van der Waals surface area contributed by atoms with Crippen LogP contribution in [0.15, 0.2) is 24.3 Å². The number of aliphatic carboxylic acids is 1. The number of carbonyl (C=O) groups is 1. The Morgan fingerprint density at radius 1 is 1.26 bits per heavy atom. The predicted molar refractivity (Wildman–Crippen MR) is 91.2 cm³/mol. The van der Waals surface area contributed by atoms with E-state index in [2.05, 4.69) is 4.40 Å². The zero-order chi connectivity index (χ0) is 16.0. The predicted octanol–water partition coefficient (Wildman–Crippen LogP) is 3.88. The van der Waals surface area contributed by atoms with E-state index in [9.17, 15) is 9.90 Å². The fraction of sp³-hybridized carbons (Fsp3) is 0.333. The highest BCUT2D eigenvalue weighted by Crippen LogP contribution is 2.35. The van der Waals surface area contributed by atoms with Crippen LogP contribution in [0.2, 0.25) is 0 Å². The fourth-order valence-corrected chi connectivity index (χ4v) is 4.57. The van der Waals surface area contributed by atoms with E-state index in [1.165, 1.54) is 29.0 Å². The molecule has 0 amide bonds. The third-order valence-electron chi connectivity index (χ3n) is 4.46. The maximum absolute atomic E-state index is 11.4. The average molecular weight is 326 g/mol. The summed E-state index contributed by atoms with van der Waals surface area (Å²) in [6.07, 6.45) is 4.51. The number of nitrogens with zero attached hydrogens (tertiary/aromatic N) is 2. The molecular weight excluding hydrogens is 308 g/mol. The van der Waals surface area contributed by atoms with Crippen molar-refractivity contribution in [3.05, 3.63) is 46.1 Å². The minimum Gasteiger partial charge on any atom is -0.481 e. The van der Waals surface area contributed by atoms with Crippen molar-refractivity contribution in [3.63, 3.8) is 0 Å². The van der Waals surface area contributed by atoms with Crippen LogP contribution in [-0.2, 0) is 24.1 Å². The minimum atomic E-state index is -0.809. The monoisotopic (exact) mass is 326 g/mol. The maximum Gasteiger partial charge on any atom is 0.309 e. The second-order valence-corrected chi connectivity index (χ2v) is 7.20. The van der Waals surface area contributed by atoms with E-state index in [1.54, 1.807) is 11.3 Å². The molecule has 0 radical (unpaired) electrons. The van der Waals surface area contributed by atoms with Gasteiger partial charge in [0.15, 0.2) is 4.96 Å². The Morgan fingerprint density at radius 2 is 2.00 bits per heavy atom. The SMILES string of the molecule is Cc1ccc(-c2nc3sc4c(n3c2CC(=O)O)CCCC4)cc1. The van der Waals surface area contributed by atoms with Crippen LogP contribution in [0.4, 0.5) is 0 Å². The van der Waals surface area contributed by atoms with Crippen LogP contribution < -0.4 is 0 Å². The highest BCUT2D eigenvalue weighted by molar-refractivity contribution is 7.17. The van der Waals surface area contributed by atoms with Crippen LogP contribution in [0.3, 0.4) is 0 Å². The Hall–Kier alpha value is -2.14. The lowest BCUT2D eigenvalue weighted by Gasteiger charge is -2.12. The minimum absolute atomic E-state index is 0.00749. The van der Waals surface area contributed by atoms with Gasteiger partial charge in [-0.05, 0) is 32.6 Å². The number of hydrogen-bond donors (Lipinski definition) is 1. The van der Waals surface area contributed by atoms with E-state index in [0.717, 1.165) is 34.8 Å². The van der Waals surface area contributed by atoms with E-state index in [4.69, 9.17) is 4.98 Å². The second-order valence-electron chi connectivity index (χ2n) is 6.14. The van der Waals surface area contributed by atoms with Crippen molar-refractivity contribution in [1.29, 1.82) is 0 Å². The molecule has 3 aromatic rings. The first-order chi connectivity index (χ1) is 11.1. The van der Waals surface area contributed by atoms with Crippen molar-refractivity contribution in [2.45, 2.75) is 39.0 Å². The molecule has 1 N–H and O–H groups in total. The van der Waals surface area contributed by atoms with Crippen molar-refractivity contribution in [2.24, 2.45) is 0 Å². The van der Waals surface area contributed by atoms with E-state index < -0.39 is 5.97 Å². The number of hydrogen-bond acceptors (Lipinski definition) is 3. The smallest absolute Gasteiger partial charge is 0.309 e. The van der Waals surface area contributed by atoms with Crippen LogP contribution in [0.5, 0.6) is 0 Å². The van der Waals surface area contributed by atoms with Gasteiger partial charge in [0, 0.05) is 16.1 Å². The van der Waals surface area contributed by atoms with Gasteiger partial charge in [0.1, 0.15) is 0 Å². The molecule has 4 nitrogen and oxygen atoms in total. The standard InChI is InChI=1S/C18H18N2O2S/c1-11-6-8-12(9-7-11)17-14(10-16(21)22)20-13-4-2-3-5-15(13)23-18(20)19-17/h6-9H,2-5,10H2,1H3,(H,21,22). The van der Waals surface area contributed by atoms with Crippen molar-refractivity contribution < 1.29 is 9.90 Å². The Labute approximate surface area is 138 Å². The lowest BCUT2D eigenvalue weighted by molar-refractivity contribution is -0.136. The molecule has 1 aliphatic carbocycles. The lowest BCUT2D eigenvalue weighted by Crippen LogP contribution is -2.09. The van der Waals surface area contributed by atoms with E-state index in [1.807, 2.05) is 31.2 Å². The Morgan fingerprint density at radius 3 is 2.74 bits per heavy atom. The summed E-state index contributed by atoms with van der Waals surface area (Å²) in [5.74, 6) is -0.809. The molecule has 0 unspecified atom stereocenters. The van der Waals surface area contributed by atoms with Gasteiger partial charge in [-0.3, -0.25) is 9.20 Å². The first kappa shape index (κ1) is 14.5. The van der Waals surface area contributed by atoms with Gasteiger partial charge in [-0.1, -0.05) is 29.8 Å². The lowest BCUT2D eigenvalue weighted by atomic mass is 10.0. The van der Waals surface area contributed by atoms with Gasteiger partial charge in [-0.25, -0.2) is 4.98 Å². The molecule has 2 aromatic heterocycles. The molecule has 0 spiro atoms. The number of aromatic nitrogens is 2. The molecule has 1 aliphatic rings. The fourth-order valence-electron chi connectivity index (χ4n) is 3.35.